The molecule has 0 aliphatic heterocycles. The summed E-state index contributed by atoms with van der Waals surface area (Å²) in [5, 5.41) is 8.51. The number of rotatable bonds is 8. The van der Waals surface area contributed by atoms with Crippen LogP contribution in [0.15, 0.2) is 48.5 Å². The lowest BCUT2D eigenvalue weighted by molar-refractivity contribution is 0.340. The summed E-state index contributed by atoms with van der Waals surface area (Å²) in [5.41, 5.74) is 0. The molecule has 0 nitrogen and oxygen atoms in total. The first-order valence-electron chi connectivity index (χ1n) is 13.6. The molecule has 0 amide bonds. The Labute approximate surface area is 212 Å². The van der Waals surface area contributed by atoms with E-state index in [0.717, 1.165) is 5.92 Å². The molecule has 0 saturated heterocycles. The minimum Gasteiger partial charge on any atom is -0.140 e. The number of unbranched alkanes of at least 4 members (excludes halogenated alkanes) is 3. The molecule has 2 heterocycles. The van der Waals surface area contributed by atoms with Crippen molar-refractivity contribution in [2.24, 2.45) is 5.92 Å². The van der Waals surface area contributed by atoms with E-state index in [9.17, 15) is 0 Å². The molecule has 0 unspecified atom stereocenters. The van der Waals surface area contributed by atoms with Crippen LogP contribution in [0.1, 0.15) is 80.9 Å². The number of benzene rings is 3. The van der Waals surface area contributed by atoms with E-state index in [2.05, 4.69) is 55.5 Å². The van der Waals surface area contributed by atoms with E-state index < -0.39 is 0 Å². The highest BCUT2D eigenvalue weighted by Crippen LogP contribution is 2.39. The lowest BCUT2D eigenvalue weighted by Gasteiger charge is -2.20. The van der Waals surface area contributed by atoms with Crippen LogP contribution in [0.25, 0.3) is 41.7 Å². The second-order valence-electron chi connectivity index (χ2n) is 10.5. The molecule has 3 aromatic carbocycles. The van der Waals surface area contributed by atoms with Crippen LogP contribution in [0.3, 0.4) is 0 Å². The highest BCUT2D eigenvalue weighted by atomic mass is 32.1. The van der Waals surface area contributed by atoms with Crippen molar-refractivity contribution < 1.29 is 0 Å². The summed E-state index contributed by atoms with van der Waals surface area (Å²) < 4.78 is 2.96. The molecule has 6 rings (SSSR count). The van der Waals surface area contributed by atoms with Gasteiger partial charge >= 0.3 is 0 Å². The third-order valence-corrected chi connectivity index (χ3v) is 10.5. The number of fused-ring (bicyclic) bond motifs is 6. The summed E-state index contributed by atoms with van der Waals surface area (Å²) in [6.07, 6.45) is 16.5. The number of hydrogen-bond donors (Lipinski definition) is 0. The van der Waals surface area contributed by atoms with Crippen molar-refractivity contribution in [3.63, 3.8) is 0 Å². The fraction of sp³-hybridized carbons (Fsp3) is 0.438. The van der Waals surface area contributed by atoms with E-state index in [1.807, 2.05) is 22.7 Å². The predicted octanol–water partition coefficient (Wildman–Crippen LogP) is 11.1. The van der Waals surface area contributed by atoms with Crippen molar-refractivity contribution in [2.75, 3.05) is 0 Å². The molecule has 2 heteroatoms. The Bertz CT molecular complexity index is 1430. The lowest BCUT2D eigenvalue weighted by atomic mass is 9.86. The Kier molecular flexibility index (Phi) is 6.63. The minimum atomic E-state index is 0.962. The van der Waals surface area contributed by atoms with Crippen molar-refractivity contribution in [3.05, 3.63) is 58.3 Å². The van der Waals surface area contributed by atoms with Crippen LogP contribution in [0, 0.1) is 5.92 Å². The average Bonchev–Trinajstić information content (AvgIpc) is 3.49. The van der Waals surface area contributed by atoms with Gasteiger partial charge in [0.05, 0.1) is 0 Å². The number of aryl methyl sites for hydroxylation is 2. The topological polar surface area (TPSA) is 0 Å². The molecule has 34 heavy (non-hydrogen) atoms. The van der Waals surface area contributed by atoms with Gasteiger partial charge in [0.2, 0.25) is 0 Å². The molecule has 176 valence electrons. The maximum atomic E-state index is 2.47. The van der Waals surface area contributed by atoms with Crippen LogP contribution >= 0.6 is 22.7 Å². The Morgan fingerprint density at radius 2 is 1.24 bits per heavy atom. The second kappa shape index (κ2) is 9.99. The first kappa shape index (κ1) is 22.6. The van der Waals surface area contributed by atoms with E-state index in [1.165, 1.54) is 119 Å². The average molecular weight is 485 g/mol. The maximum absolute atomic E-state index is 2.47. The molecule has 0 bridgehead atoms. The zero-order valence-corrected chi connectivity index (χ0v) is 22.1. The van der Waals surface area contributed by atoms with Gasteiger partial charge in [0.25, 0.3) is 0 Å². The summed E-state index contributed by atoms with van der Waals surface area (Å²) in [7, 11) is 0. The zero-order valence-electron chi connectivity index (χ0n) is 20.5. The maximum Gasteiger partial charge on any atom is 0.0424 e. The molecule has 0 radical (unpaired) electrons. The predicted molar refractivity (Wildman–Crippen MR) is 155 cm³/mol. The van der Waals surface area contributed by atoms with Gasteiger partial charge < -0.3 is 0 Å². The summed E-state index contributed by atoms with van der Waals surface area (Å²) in [5.74, 6) is 0.962. The quantitative estimate of drug-likeness (QED) is 0.152. The highest BCUT2D eigenvalue weighted by molar-refractivity contribution is 7.20. The van der Waals surface area contributed by atoms with Crippen molar-refractivity contribution in [2.45, 2.75) is 84.0 Å². The van der Waals surface area contributed by atoms with Gasteiger partial charge in [-0.2, -0.15) is 0 Å². The fourth-order valence-electron chi connectivity index (χ4n) is 6.04. The minimum absolute atomic E-state index is 0.962. The first-order chi connectivity index (χ1) is 16.8. The largest absolute Gasteiger partial charge is 0.140 e. The molecule has 0 spiro atoms. The van der Waals surface area contributed by atoms with Crippen LogP contribution in [0.4, 0.5) is 0 Å². The van der Waals surface area contributed by atoms with Crippen LogP contribution < -0.4 is 0 Å². The van der Waals surface area contributed by atoms with E-state index >= 15 is 0 Å². The van der Waals surface area contributed by atoms with Gasteiger partial charge in [0.1, 0.15) is 0 Å². The molecule has 2 aromatic heterocycles. The summed E-state index contributed by atoms with van der Waals surface area (Å²) in [6, 6.07) is 19.3. The Balaban J connectivity index is 1.32. The highest BCUT2D eigenvalue weighted by Gasteiger charge is 2.15. The fourth-order valence-corrected chi connectivity index (χ4v) is 8.47. The third-order valence-electron chi connectivity index (χ3n) is 8.02. The molecular weight excluding hydrogens is 448 g/mol. The van der Waals surface area contributed by atoms with Gasteiger partial charge in [0.15, 0.2) is 0 Å². The standard InChI is InChI=1S/C32H36S2/c1-2-3-4-8-11-27-18-25-15-13-23-21-30-24(20-29(23)31(25)33-27)14-16-26-19-28(34-32(26)30)17-12-22-9-6-5-7-10-22/h13-16,18-22H,2-12,17H2,1H3. The van der Waals surface area contributed by atoms with Crippen molar-refractivity contribution in [3.8, 4) is 0 Å². The van der Waals surface area contributed by atoms with Crippen LogP contribution in [0.5, 0.6) is 0 Å². The molecule has 1 aliphatic carbocycles. The summed E-state index contributed by atoms with van der Waals surface area (Å²) in [6.45, 7) is 2.29. The number of hydrogen-bond acceptors (Lipinski definition) is 2. The van der Waals surface area contributed by atoms with E-state index in [1.54, 1.807) is 9.75 Å². The van der Waals surface area contributed by atoms with Gasteiger partial charge in [0, 0.05) is 29.9 Å². The van der Waals surface area contributed by atoms with Crippen LogP contribution in [0.2, 0.25) is 0 Å². The molecule has 1 aliphatic rings. The lowest BCUT2D eigenvalue weighted by Crippen LogP contribution is -2.06. The molecule has 1 saturated carbocycles. The van der Waals surface area contributed by atoms with Gasteiger partial charge in [-0.1, -0.05) is 82.6 Å². The molecule has 5 aromatic rings. The van der Waals surface area contributed by atoms with E-state index in [0.29, 0.717) is 0 Å². The van der Waals surface area contributed by atoms with Crippen molar-refractivity contribution in [1.29, 1.82) is 0 Å². The van der Waals surface area contributed by atoms with E-state index in [-0.39, 0.29) is 0 Å². The molecule has 0 N–H and O–H groups in total. The Morgan fingerprint density at radius 3 is 1.85 bits per heavy atom. The Hall–Kier alpha value is -1.90. The monoisotopic (exact) mass is 484 g/mol. The van der Waals surface area contributed by atoms with Crippen molar-refractivity contribution >= 4 is 64.4 Å². The van der Waals surface area contributed by atoms with Gasteiger partial charge in [-0.15, -0.1) is 22.7 Å². The summed E-state index contributed by atoms with van der Waals surface area (Å²) in [4.78, 5) is 3.13. The molecule has 1 fully saturated rings. The third kappa shape index (κ3) is 4.52. The SMILES string of the molecule is CCCCCCc1cc2ccc3cc4c(ccc5cc(CCC6CCCCC6)sc54)cc3c2s1. The van der Waals surface area contributed by atoms with Crippen molar-refractivity contribution in [1.82, 2.24) is 0 Å². The molecule has 0 atom stereocenters. The van der Waals surface area contributed by atoms with Gasteiger partial charge in [-0.05, 0) is 77.4 Å². The van der Waals surface area contributed by atoms with Gasteiger partial charge in [-0.25, -0.2) is 0 Å². The molecular formula is C32H36S2. The first-order valence-corrected chi connectivity index (χ1v) is 15.2. The Morgan fingerprint density at radius 1 is 0.647 bits per heavy atom. The van der Waals surface area contributed by atoms with Crippen LogP contribution in [-0.2, 0) is 12.8 Å². The smallest absolute Gasteiger partial charge is 0.0424 e. The normalized spacial score (nSPS) is 15.3. The zero-order chi connectivity index (χ0) is 22.9. The second-order valence-corrected chi connectivity index (χ2v) is 12.8. The number of thiophene rings is 2. The van der Waals surface area contributed by atoms with Crippen LogP contribution in [-0.4, -0.2) is 0 Å². The summed E-state index contributed by atoms with van der Waals surface area (Å²) >= 11 is 4.07. The van der Waals surface area contributed by atoms with Gasteiger partial charge in [-0.3, -0.25) is 0 Å². The van der Waals surface area contributed by atoms with E-state index in [4.69, 9.17) is 0 Å².